The Hall–Kier alpha value is -1.63. The Balaban J connectivity index is 2.30. The average Bonchev–Trinajstić information content (AvgIpc) is 2.41. The largest absolute Gasteiger partial charge is 0.396 e. The quantitative estimate of drug-likeness (QED) is 0.708. The fraction of sp³-hybridized carbons (Fsp3) is 0.727. The number of hydrogen-bond donors (Lipinski definition) is 1. The molecule has 1 N–H and O–H groups in total. The lowest BCUT2D eigenvalue weighted by molar-refractivity contribution is 0.202. The van der Waals surface area contributed by atoms with Gasteiger partial charge in [-0.05, 0) is 18.8 Å². The molecule has 0 spiro atoms. The van der Waals surface area contributed by atoms with Gasteiger partial charge in [-0.1, -0.05) is 0 Å². The van der Waals surface area contributed by atoms with E-state index in [1.54, 1.807) is 0 Å². The lowest BCUT2D eigenvalue weighted by Gasteiger charge is -2.31. The second-order valence-electron chi connectivity index (χ2n) is 4.71. The maximum Gasteiger partial charge on any atom is 0.346 e. The van der Waals surface area contributed by atoms with Gasteiger partial charge < -0.3 is 10.0 Å². The van der Waals surface area contributed by atoms with E-state index in [1.807, 2.05) is 4.90 Å². The zero-order valence-electron chi connectivity index (χ0n) is 10.7. The summed E-state index contributed by atoms with van der Waals surface area (Å²) in [5, 5.41) is 13.1. The molecule has 0 saturated carbocycles. The Morgan fingerprint density at radius 2 is 1.89 bits per heavy atom. The van der Waals surface area contributed by atoms with Gasteiger partial charge in [-0.3, -0.25) is 9.36 Å². The Bertz CT molecular complexity index is 540. The van der Waals surface area contributed by atoms with Crippen molar-refractivity contribution in [3.8, 4) is 0 Å². The number of aliphatic hydroxyl groups is 1. The fourth-order valence-electron chi connectivity index (χ4n) is 2.21. The van der Waals surface area contributed by atoms with Crippen molar-refractivity contribution in [2.75, 3.05) is 24.6 Å². The standard InChI is InChI=1S/C11H18N4O3/c1-13-10(17)9(12-14(2)11(13)18)15-5-3-8(7-16)4-6-15/h8,16H,3-7H2,1-2H3. The number of nitrogens with zero attached hydrogens (tertiary/aromatic N) is 4. The lowest BCUT2D eigenvalue weighted by atomic mass is 9.98. The second kappa shape index (κ2) is 4.93. The molecule has 0 aliphatic carbocycles. The van der Waals surface area contributed by atoms with Crippen LogP contribution in [0.5, 0.6) is 0 Å². The summed E-state index contributed by atoms with van der Waals surface area (Å²) in [7, 11) is 2.99. The highest BCUT2D eigenvalue weighted by Gasteiger charge is 2.22. The van der Waals surface area contributed by atoms with E-state index >= 15 is 0 Å². The van der Waals surface area contributed by atoms with Crippen LogP contribution in [0.4, 0.5) is 5.82 Å². The predicted molar refractivity (Wildman–Crippen MR) is 66.7 cm³/mol. The fourth-order valence-corrected chi connectivity index (χ4v) is 2.21. The minimum absolute atomic E-state index is 0.187. The summed E-state index contributed by atoms with van der Waals surface area (Å²) in [4.78, 5) is 25.4. The first kappa shape index (κ1) is 12.8. The first-order valence-electron chi connectivity index (χ1n) is 6.04. The first-order valence-corrected chi connectivity index (χ1v) is 6.04. The van der Waals surface area contributed by atoms with Gasteiger partial charge in [-0.2, -0.15) is 0 Å². The highest BCUT2D eigenvalue weighted by Crippen LogP contribution is 2.18. The molecule has 0 amide bonds. The maximum absolute atomic E-state index is 12.0. The SMILES string of the molecule is Cn1nc(N2CCC(CO)CC2)c(=O)n(C)c1=O. The van der Waals surface area contributed by atoms with E-state index in [1.165, 1.54) is 18.8 Å². The van der Waals surface area contributed by atoms with Gasteiger partial charge in [0.25, 0.3) is 5.56 Å². The Kier molecular flexibility index (Phi) is 3.51. The summed E-state index contributed by atoms with van der Waals surface area (Å²) >= 11 is 0. The molecule has 1 fully saturated rings. The average molecular weight is 254 g/mol. The van der Waals surface area contributed by atoms with Crippen molar-refractivity contribution in [3.63, 3.8) is 0 Å². The van der Waals surface area contributed by atoms with E-state index in [4.69, 9.17) is 5.11 Å². The third kappa shape index (κ3) is 2.17. The van der Waals surface area contributed by atoms with E-state index in [0.29, 0.717) is 24.8 Å². The van der Waals surface area contributed by atoms with Crippen LogP contribution in [0.25, 0.3) is 0 Å². The highest BCUT2D eigenvalue weighted by molar-refractivity contribution is 5.35. The Morgan fingerprint density at radius 3 is 2.44 bits per heavy atom. The van der Waals surface area contributed by atoms with Crippen LogP contribution in [-0.4, -0.2) is 39.2 Å². The van der Waals surface area contributed by atoms with Gasteiger partial charge in [-0.25, -0.2) is 9.48 Å². The molecule has 18 heavy (non-hydrogen) atoms. The molecule has 1 aromatic heterocycles. The molecule has 7 heteroatoms. The smallest absolute Gasteiger partial charge is 0.346 e. The number of hydrogen-bond acceptors (Lipinski definition) is 5. The van der Waals surface area contributed by atoms with Gasteiger partial charge >= 0.3 is 5.69 Å². The summed E-state index contributed by atoms with van der Waals surface area (Å²) in [5.41, 5.74) is -0.783. The maximum atomic E-state index is 12.0. The molecule has 1 aliphatic rings. The minimum atomic E-state index is -0.422. The Morgan fingerprint density at radius 1 is 1.28 bits per heavy atom. The molecule has 1 aromatic rings. The van der Waals surface area contributed by atoms with E-state index in [9.17, 15) is 9.59 Å². The molecule has 1 aliphatic heterocycles. The van der Waals surface area contributed by atoms with Crippen LogP contribution in [0, 0.1) is 5.92 Å². The number of aromatic nitrogens is 3. The molecular weight excluding hydrogens is 236 g/mol. The summed E-state index contributed by atoms with van der Waals surface area (Å²) in [6, 6.07) is 0. The molecule has 0 atom stereocenters. The van der Waals surface area contributed by atoms with Gasteiger partial charge in [0.2, 0.25) is 5.82 Å². The molecule has 7 nitrogen and oxygen atoms in total. The number of anilines is 1. The number of aryl methyl sites for hydroxylation is 1. The molecule has 0 radical (unpaired) electrons. The number of piperidine rings is 1. The summed E-state index contributed by atoms with van der Waals surface area (Å²) in [5.74, 6) is 0.619. The van der Waals surface area contributed by atoms with Crippen molar-refractivity contribution in [2.24, 2.45) is 20.0 Å². The van der Waals surface area contributed by atoms with E-state index in [2.05, 4.69) is 5.10 Å². The molecule has 0 unspecified atom stereocenters. The van der Waals surface area contributed by atoms with E-state index < -0.39 is 5.69 Å². The second-order valence-corrected chi connectivity index (χ2v) is 4.71. The molecular formula is C11H18N4O3. The van der Waals surface area contributed by atoms with Crippen LogP contribution in [0.1, 0.15) is 12.8 Å². The minimum Gasteiger partial charge on any atom is -0.396 e. The molecule has 1 saturated heterocycles. The van der Waals surface area contributed by atoms with Crippen LogP contribution in [0.3, 0.4) is 0 Å². The number of aliphatic hydroxyl groups excluding tert-OH is 1. The van der Waals surface area contributed by atoms with Crippen molar-refractivity contribution in [3.05, 3.63) is 20.8 Å². The zero-order valence-corrected chi connectivity index (χ0v) is 10.7. The van der Waals surface area contributed by atoms with Crippen LogP contribution >= 0.6 is 0 Å². The van der Waals surface area contributed by atoms with Crippen molar-refractivity contribution in [1.29, 1.82) is 0 Å². The molecule has 2 rings (SSSR count). The van der Waals surface area contributed by atoms with E-state index in [-0.39, 0.29) is 12.2 Å². The lowest BCUT2D eigenvalue weighted by Crippen LogP contribution is -2.45. The third-order valence-corrected chi connectivity index (χ3v) is 3.48. The van der Waals surface area contributed by atoms with Gasteiger partial charge in [0, 0.05) is 33.8 Å². The Labute approximate surface area is 104 Å². The van der Waals surface area contributed by atoms with Crippen LogP contribution in [-0.2, 0) is 14.1 Å². The van der Waals surface area contributed by atoms with Crippen LogP contribution in [0.2, 0.25) is 0 Å². The van der Waals surface area contributed by atoms with Gasteiger partial charge in [0.05, 0.1) is 0 Å². The van der Waals surface area contributed by atoms with Crippen molar-refractivity contribution in [2.45, 2.75) is 12.8 Å². The summed E-state index contributed by atoms with van der Waals surface area (Å²) < 4.78 is 2.25. The molecule has 0 bridgehead atoms. The molecule has 0 aromatic carbocycles. The number of rotatable bonds is 2. The first-order chi connectivity index (χ1) is 8.54. The van der Waals surface area contributed by atoms with E-state index in [0.717, 1.165) is 17.4 Å². The van der Waals surface area contributed by atoms with Crippen LogP contribution in [0.15, 0.2) is 9.59 Å². The third-order valence-electron chi connectivity index (χ3n) is 3.48. The van der Waals surface area contributed by atoms with Crippen molar-refractivity contribution < 1.29 is 5.11 Å². The van der Waals surface area contributed by atoms with Crippen molar-refractivity contribution >= 4 is 5.82 Å². The van der Waals surface area contributed by atoms with Crippen LogP contribution < -0.4 is 16.1 Å². The van der Waals surface area contributed by atoms with Gasteiger partial charge in [0.15, 0.2) is 0 Å². The van der Waals surface area contributed by atoms with Gasteiger partial charge in [-0.15, -0.1) is 5.10 Å². The molecule has 100 valence electrons. The summed E-state index contributed by atoms with van der Waals surface area (Å²) in [6.45, 7) is 1.56. The van der Waals surface area contributed by atoms with Gasteiger partial charge in [0.1, 0.15) is 0 Å². The topological polar surface area (TPSA) is 80.4 Å². The highest BCUT2D eigenvalue weighted by atomic mass is 16.3. The predicted octanol–water partition coefficient (Wildman–Crippen LogP) is -1.31. The normalized spacial score (nSPS) is 17.2. The van der Waals surface area contributed by atoms with Crippen molar-refractivity contribution in [1.82, 2.24) is 14.3 Å². The molecule has 2 heterocycles. The summed E-state index contributed by atoms with van der Waals surface area (Å²) in [6.07, 6.45) is 1.67. The monoisotopic (exact) mass is 254 g/mol. The zero-order chi connectivity index (χ0) is 13.3.